The maximum Gasteiger partial charge on any atom is 0.192 e. The molecule has 0 aromatic rings. The van der Waals surface area contributed by atoms with Crippen LogP contribution in [0.25, 0.3) is 0 Å². The highest BCUT2D eigenvalue weighted by atomic mass is 28.4. The number of rotatable bonds is 9. The van der Waals surface area contributed by atoms with Crippen molar-refractivity contribution in [3.63, 3.8) is 0 Å². The maximum absolute atomic E-state index is 10.0. The highest BCUT2D eigenvalue weighted by Gasteiger charge is 2.36. The van der Waals surface area contributed by atoms with Gasteiger partial charge in [0.05, 0.1) is 12.7 Å². The van der Waals surface area contributed by atoms with Crippen molar-refractivity contribution < 1.29 is 9.53 Å². The lowest BCUT2D eigenvalue weighted by Gasteiger charge is -2.35. The average Bonchev–Trinajstić information content (AvgIpc) is 2.38. The molecule has 3 heteroatoms. The van der Waals surface area contributed by atoms with Gasteiger partial charge in [-0.25, -0.2) is 0 Å². The minimum Gasteiger partial charge on any atom is -0.413 e. The van der Waals surface area contributed by atoms with Crippen LogP contribution in [0.5, 0.6) is 0 Å². The molecule has 0 aliphatic rings. The summed E-state index contributed by atoms with van der Waals surface area (Å²) in [5, 5.41) is 10.3. The van der Waals surface area contributed by atoms with Gasteiger partial charge in [0, 0.05) is 0 Å². The highest BCUT2D eigenvalue weighted by Crippen LogP contribution is 2.36. The normalized spacial score (nSPS) is 16.9. The number of allylic oxidation sites excluding steroid dienone is 4. The van der Waals surface area contributed by atoms with E-state index >= 15 is 0 Å². The first-order valence-corrected chi connectivity index (χ1v) is 11.3. The van der Waals surface area contributed by atoms with Gasteiger partial charge >= 0.3 is 0 Å². The largest absolute Gasteiger partial charge is 0.413 e. The van der Waals surface area contributed by atoms with Crippen molar-refractivity contribution in [3.05, 3.63) is 36.5 Å². The van der Waals surface area contributed by atoms with E-state index in [1.54, 1.807) is 0 Å². The molecule has 2 unspecified atom stereocenters. The second-order valence-corrected chi connectivity index (χ2v) is 12.4. The lowest BCUT2D eigenvalue weighted by atomic mass is 9.99. The molecule has 22 heavy (non-hydrogen) atoms. The van der Waals surface area contributed by atoms with Crippen LogP contribution >= 0.6 is 0 Å². The molecule has 0 fully saturated rings. The summed E-state index contributed by atoms with van der Waals surface area (Å²) in [6.07, 6.45) is 13.5. The van der Waals surface area contributed by atoms with Gasteiger partial charge in [-0.05, 0) is 43.8 Å². The summed E-state index contributed by atoms with van der Waals surface area (Å²) in [4.78, 5) is 0. The Hall–Kier alpha value is -0.643. The van der Waals surface area contributed by atoms with Crippen molar-refractivity contribution in [1.82, 2.24) is 0 Å². The predicted molar refractivity (Wildman–Crippen MR) is 101 cm³/mol. The minimum absolute atomic E-state index is 0.229. The summed E-state index contributed by atoms with van der Waals surface area (Å²) < 4.78 is 6.06. The van der Waals surface area contributed by atoms with E-state index in [1.807, 2.05) is 31.2 Å². The van der Waals surface area contributed by atoms with E-state index in [9.17, 15) is 5.11 Å². The minimum atomic E-state index is -1.68. The van der Waals surface area contributed by atoms with Crippen LogP contribution < -0.4 is 0 Å². The van der Waals surface area contributed by atoms with Crippen molar-refractivity contribution in [2.45, 2.75) is 71.7 Å². The van der Waals surface area contributed by atoms with Crippen LogP contribution in [0.15, 0.2) is 36.5 Å². The van der Waals surface area contributed by atoms with Crippen LogP contribution in [-0.4, -0.2) is 26.1 Å². The van der Waals surface area contributed by atoms with Crippen molar-refractivity contribution in [1.29, 1.82) is 0 Å². The van der Waals surface area contributed by atoms with E-state index in [0.29, 0.717) is 12.5 Å². The lowest BCUT2D eigenvalue weighted by Crippen LogP contribution is -2.40. The Morgan fingerprint density at radius 3 is 2.32 bits per heavy atom. The van der Waals surface area contributed by atoms with E-state index < -0.39 is 8.32 Å². The molecule has 0 saturated heterocycles. The first-order valence-electron chi connectivity index (χ1n) is 8.36. The van der Waals surface area contributed by atoms with E-state index in [-0.39, 0.29) is 11.1 Å². The number of hydrogen-bond donors (Lipinski definition) is 1. The number of hydrogen-bond acceptors (Lipinski definition) is 2. The van der Waals surface area contributed by atoms with Crippen LogP contribution in [-0.2, 0) is 4.43 Å². The smallest absolute Gasteiger partial charge is 0.192 e. The molecule has 0 aliphatic heterocycles. The Morgan fingerprint density at radius 2 is 1.77 bits per heavy atom. The van der Waals surface area contributed by atoms with Gasteiger partial charge in [0.15, 0.2) is 8.32 Å². The van der Waals surface area contributed by atoms with Gasteiger partial charge < -0.3 is 9.53 Å². The Bertz CT molecular complexity index is 375. The van der Waals surface area contributed by atoms with E-state index in [2.05, 4.69) is 52.9 Å². The molecule has 2 atom stereocenters. The fraction of sp³-hybridized carbons (Fsp3) is 0.684. The molecule has 0 saturated carbocycles. The van der Waals surface area contributed by atoms with Crippen LogP contribution in [0.2, 0.25) is 18.1 Å². The van der Waals surface area contributed by atoms with Crippen LogP contribution in [0, 0.1) is 5.92 Å². The maximum atomic E-state index is 10.0. The standard InChI is InChI=1S/C19H36O2Si/c1-8-9-10-11-13-17(2)16-18(20)14-12-15-21-22(6,7)19(3,4)5/h8-12,14,17-18,20H,13,15-16H2,1-7H3/b9-8+,11-10+,14-12-. The third-order valence-corrected chi connectivity index (χ3v) is 8.83. The Kier molecular flexibility index (Phi) is 9.89. The van der Waals surface area contributed by atoms with E-state index in [4.69, 9.17) is 4.43 Å². The molecular formula is C19H36O2Si. The quantitative estimate of drug-likeness (QED) is 0.346. The lowest BCUT2D eigenvalue weighted by molar-refractivity contribution is 0.190. The molecular weight excluding hydrogens is 288 g/mol. The average molecular weight is 325 g/mol. The summed E-state index contributed by atoms with van der Waals surface area (Å²) >= 11 is 0. The topological polar surface area (TPSA) is 29.5 Å². The summed E-state index contributed by atoms with van der Waals surface area (Å²) in [6.45, 7) is 16.0. The number of aliphatic hydroxyl groups is 1. The fourth-order valence-corrected chi connectivity index (χ4v) is 2.72. The van der Waals surface area contributed by atoms with Gasteiger partial charge in [-0.1, -0.05) is 64.2 Å². The molecule has 0 spiro atoms. The van der Waals surface area contributed by atoms with Crippen molar-refractivity contribution in [2.24, 2.45) is 5.92 Å². The molecule has 128 valence electrons. The Morgan fingerprint density at radius 1 is 1.14 bits per heavy atom. The van der Waals surface area contributed by atoms with Crippen LogP contribution in [0.3, 0.4) is 0 Å². The predicted octanol–water partition coefficient (Wildman–Crippen LogP) is 5.47. The van der Waals surface area contributed by atoms with Gasteiger partial charge in [0.2, 0.25) is 0 Å². The summed E-state index contributed by atoms with van der Waals surface area (Å²) in [5.41, 5.74) is 0. The van der Waals surface area contributed by atoms with Crippen molar-refractivity contribution in [3.8, 4) is 0 Å². The zero-order valence-electron chi connectivity index (χ0n) is 15.6. The summed E-state index contributed by atoms with van der Waals surface area (Å²) in [7, 11) is -1.68. The molecule has 0 heterocycles. The second-order valence-electron chi connectivity index (χ2n) is 7.60. The summed E-state index contributed by atoms with van der Waals surface area (Å²) in [5.74, 6) is 0.475. The van der Waals surface area contributed by atoms with E-state index in [0.717, 1.165) is 12.8 Å². The molecule has 0 aliphatic carbocycles. The van der Waals surface area contributed by atoms with E-state index in [1.165, 1.54) is 0 Å². The van der Waals surface area contributed by atoms with Gasteiger partial charge in [-0.15, -0.1) is 0 Å². The summed E-state index contributed by atoms with van der Waals surface area (Å²) in [6, 6.07) is 0. The molecule has 0 radical (unpaired) electrons. The zero-order chi connectivity index (χ0) is 17.2. The monoisotopic (exact) mass is 324 g/mol. The third-order valence-electron chi connectivity index (χ3n) is 4.33. The van der Waals surface area contributed by atoms with Gasteiger partial charge in [-0.2, -0.15) is 0 Å². The van der Waals surface area contributed by atoms with Crippen molar-refractivity contribution >= 4 is 8.32 Å². The second kappa shape index (κ2) is 10.2. The van der Waals surface area contributed by atoms with Gasteiger partial charge in [0.25, 0.3) is 0 Å². The molecule has 0 amide bonds. The Labute approximate surface area is 139 Å². The van der Waals surface area contributed by atoms with Gasteiger partial charge in [-0.3, -0.25) is 0 Å². The van der Waals surface area contributed by atoms with Gasteiger partial charge in [0.1, 0.15) is 0 Å². The first-order chi connectivity index (χ1) is 10.1. The molecule has 0 aromatic carbocycles. The SMILES string of the molecule is C/C=C/C=C/CC(C)CC(O)/C=C\CO[Si](C)(C)C(C)(C)C. The molecule has 0 rings (SSSR count). The molecule has 0 aromatic heterocycles. The highest BCUT2D eigenvalue weighted by molar-refractivity contribution is 6.74. The fourth-order valence-electron chi connectivity index (χ4n) is 1.77. The van der Waals surface area contributed by atoms with Crippen molar-refractivity contribution in [2.75, 3.05) is 6.61 Å². The molecule has 1 N–H and O–H groups in total. The van der Waals surface area contributed by atoms with Crippen LogP contribution in [0.4, 0.5) is 0 Å². The molecule has 2 nitrogen and oxygen atoms in total. The van der Waals surface area contributed by atoms with Crippen LogP contribution in [0.1, 0.15) is 47.5 Å². The number of aliphatic hydroxyl groups excluding tert-OH is 1. The Balaban J connectivity index is 4.09. The third kappa shape index (κ3) is 9.39. The first kappa shape index (κ1) is 21.4. The zero-order valence-corrected chi connectivity index (χ0v) is 16.6. The molecule has 0 bridgehead atoms.